The van der Waals surface area contributed by atoms with Gasteiger partial charge in [-0.15, -0.1) is 11.8 Å². The number of thioether (sulfide) groups is 1. The smallest absolute Gasteiger partial charge is 0.334 e. The number of ether oxygens (including phenoxy) is 2. The first-order valence-corrected chi connectivity index (χ1v) is 12.1. The van der Waals surface area contributed by atoms with E-state index in [0.29, 0.717) is 17.0 Å². The Hall–Kier alpha value is -3.89. The number of nitrogens with two attached hydrogens (primary N) is 1. The largest absolute Gasteiger partial charge is 0.508 e. The van der Waals surface area contributed by atoms with Gasteiger partial charge in [0, 0.05) is 16.3 Å². The summed E-state index contributed by atoms with van der Waals surface area (Å²) in [6.07, 6.45) is -1.55. The van der Waals surface area contributed by atoms with Crippen LogP contribution in [-0.4, -0.2) is 54.1 Å². The molecule has 10 heteroatoms. The first-order chi connectivity index (χ1) is 17.5. The van der Waals surface area contributed by atoms with Crippen molar-refractivity contribution in [2.75, 3.05) is 31.8 Å². The molecule has 0 radical (unpaired) electrons. The number of anilines is 2. The van der Waals surface area contributed by atoms with Crippen LogP contribution in [0.25, 0.3) is 0 Å². The molecule has 0 bridgehead atoms. The molecule has 0 aromatic heterocycles. The maximum atomic E-state index is 11.3. The monoisotopic (exact) mass is 528 g/mol. The molecule has 3 aromatic rings. The number of carbonyl (C=O) groups excluding carboxylic acids is 1. The molecule has 3 aromatic carbocycles. The van der Waals surface area contributed by atoms with Crippen molar-refractivity contribution >= 4 is 35.1 Å². The quantitative estimate of drug-likeness (QED) is 0.119. The third-order valence-electron chi connectivity index (χ3n) is 5.40. The van der Waals surface area contributed by atoms with Gasteiger partial charge in [-0.3, -0.25) is 4.79 Å². The normalized spacial score (nSPS) is 11.9. The van der Waals surface area contributed by atoms with Crippen molar-refractivity contribution in [2.24, 2.45) is 0 Å². The van der Waals surface area contributed by atoms with Crippen LogP contribution in [0.1, 0.15) is 21.9 Å². The van der Waals surface area contributed by atoms with Crippen molar-refractivity contribution < 1.29 is 34.4 Å². The SMILES string of the molecule is COC(=O)CNc1ccc(O)cc1.COc1ccc(C(Sc2cc(C)c(C)cc2N)C(O)C(=O)O)cc1. The number of hydrogen-bond acceptors (Lipinski definition) is 9. The van der Waals surface area contributed by atoms with Crippen LogP contribution < -0.4 is 15.8 Å². The van der Waals surface area contributed by atoms with Gasteiger partial charge in [-0.1, -0.05) is 12.1 Å². The Morgan fingerprint density at radius 3 is 2.14 bits per heavy atom. The van der Waals surface area contributed by atoms with Crippen molar-refractivity contribution in [1.82, 2.24) is 0 Å². The molecule has 0 spiro atoms. The zero-order valence-electron chi connectivity index (χ0n) is 21.1. The molecule has 0 aliphatic heterocycles. The lowest BCUT2D eigenvalue weighted by molar-refractivity contribution is -0.146. The Bertz CT molecular complexity index is 1180. The molecule has 9 nitrogen and oxygen atoms in total. The lowest BCUT2D eigenvalue weighted by Gasteiger charge is -2.21. The van der Waals surface area contributed by atoms with E-state index in [4.69, 9.17) is 15.6 Å². The van der Waals surface area contributed by atoms with Gasteiger partial charge in [-0.2, -0.15) is 0 Å². The lowest BCUT2D eigenvalue weighted by Crippen LogP contribution is -2.26. The van der Waals surface area contributed by atoms with Crippen molar-refractivity contribution in [2.45, 2.75) is 30.1 Å². The van der Waals surface area contributed by atoms with Crippen LogP contribution in [0.5, 0.6) is 11.5 Å². The molecule has 0 amide bonds. The number of nitrogens with one attached hydrogen (secondary N) is 1. The van der Waals surface area contributed by atoms with Gasteiger partial charge in [0.05, 0.1) is 19.5 Å². The fourth-order valence-electron chi connectivity index (χ4n) is 3.11. The Labute approximate surface area is 220 Å². The number of carboxylic acids is 1. The number of aliphatic hydroxyl groups excluding tert-OH is 1. The van der Waals surface area contributed by atoms with E-state index < -0.39 is 17.3 Å². The summed E-state index contributed by atoms with van der Waals surface area (Å²) in [6, 6.07) is 17.2. The zero-order valence-corrected chi connectivity index (χ0v) is 21.9. The van der Waals surface area contributed by atoms with Crippen molar-refractivity contribution in [3.05, 3.63) is 77.4 Å². The summed E-state index contributed by atoms with van der Waals surface area (Å²) in [5.74, 6) is -0.736. The number of rotatable bonds is 9. The number of methoxy groups -OCH3 is 2. The Kier molecular flexibility index (Phi) is 11.1. The van der Waals surface area contributed by atoms with Crippen LogP contribution in [0.4, 0.5) is 11.4 Å². The van der Waals surface area contributed by atoms with Crippen LogP contribution in [0.15, 0.2) is 65.6 Å². The summed E-state index contributed by atoms with van der Waals surface area (Å²) in [5.41, 5.74) is 10.2. The summed E-state index contributed by atoms with van der Waals surface area (Å²) < 4.78 is 9.56. The second-order valence-electron chi connectivity index (χ2n) is 8.05. The molecule has 0 aliphatic carbocycles. The summed E-state index contributed by atoms with van der Waals surface area (Å²) >= 11 is 1.24. The minimum absolute atomic E-state index is 0.126. The maximum absolute atomic E-state index is 11.3. The molecule has 37 heavy (non-hydrogen) atoms. The number of aliphatic hydroxyl groups is 1. The van der Waals surface area contributed by atoms with E-state index >= 15 is 0 Å². The number of phenolic OH excluding ortho intramolecular Hbond substituents is 1. The summed E-state index contributed by atoms with van der Waals surface area (Å²) in [6.45, 7) is 4.06. The van der Waals surface area contributed by atoms with Gasteiger partial charge in [-0.05, 0) is 79.1 Å². The lowest BCUT2D eigenvalue weighted by atomic mass is 10.1. The number of phenols is 1. The molecule has 0 heterocycles. The molecular formula is C27H32N2O7S. The minimum Gasteiger partial charge on any atom is -0.508 e. The average Bonchev–Trinajstić information content (AvgIpc) is 2.89. The van der Waals surface area contributed by atoms with Crippen LogP contribution >= 0.6 is 11.8 Å². The van der Waals surface area contributed by atoms with Gasteiger partial charge in [0.1, 0.15) is 18.0 Å². The third kappa shape index (κ3) is 8.93. The van der Waals surface area contributed by atoms with Gasteiger partial charge < -0.3 is 35.8 Å². The van der Waals surface area contributed by atoms with Gasteiger partial charge >= 0.3 is 11.9 Å². The fourth-order valence-corrected chi connectivity index (χ4v) is 4.37. The number of carboxylic acid groups (broad SMARTS) is 1. The van der Waals surface area contributed by atoms with E-state index in [-0.39, 0.29) is 18.3 Å². The molecule has 198 valence electrons. The molecule has 2 atom stereocenters. The number of aliphatic carboxylic acids is 1. The van der Waals surface area contributed by atoms with Crippen molar-refractivity contribution in [1.29, 1.82) is 0 Å². The van der Waals surface area contributed by atoms with Crippen molar-refractivity contribution in [3.8, 4) is 11.5 Å². The summed E-state index contributed by atoms with van der Waals surface area (Å²) in [7, 11) is 2.89. The predicted molar refractivity (Wildman–Crippen MR) is 144 cm³/mol. The predicted octanol–water partition coefficient (Wildman–Crippen LogP) is 4.15. The Morgan fingerprint density at radius 2 is 1.59 bits per heavy atom. The molecule has 2 unspecified atom stereocenters. The highest BCUT2D eigenvalue weighted by atomic mass is 32.2. The number of aromatic hydroxyl groups is 1. The zero-order chi connectivity index (χ0) is 27.5. The second kappa shape index (κ2) is 14.0. The first-order valence-electron chi connectivity index (χ1n) is 11.2. The van der Waals surface area contributed by atoms with Gasteiger partial charge in [0.25, 0.3) is 0 Å². The number of aryl methyl sites for hydroxylation is 2. The molecule has 0 saturated heterocycles. The fraction of sp³-hybridized carbons (Fsp3) is 0.259. The number of carbonyl (C=O) groups is 2. The molecule has 0 aliphatic rings. The van der Waals surface area contributed by atoms with Gasteiger partial charge in [-0.25, -0.2) is 4.79 Å². The topological polar surface area (TPSA) is 151 Å². The first kappa shape index (κ1) is 29.3. The summed E-state index contributed by atoms with van der Waals surface area (Å²) in [5, 5.41) is 30.5. The molecule has 0 fully saturated rings. The molecule has 6 N–H and O–H groups in total. The highest BCUT2D eigenvalue weighted by Crippen LogP contribution is 2.41. The number of esters is 1. The van der Waals surface area contributed by atoms with Crippen LogP contribution in [-0.2, 0) is 14.3 Å². The van der Waals surface area contributed by atoms with E-state index in [1.165, 1.54) is 18.9 Å². The standard InChI is InChI=1S/C18H21NO4S.C9H11NO3/c1-10-8-14(19)15(9-11(10)2)24-17(16(20)18(21)22)12-4-6-13(23-3)7-5-12;1-13-9(12)6-10-7-2-4-8(11)5-3-7/h4-9,16-17,20H,19H2,1-3H3,(H,21,22);2-5,10-11H,6H2,1H3. The van der Waals surface area contributed by atoms with E-state index in [2.05, 4.69) is 10.1 Å². The minimum atomic E-state index is -1.55. The average molecular weight is 529 g/mol. The summed E-state index contributed by atoms with van der Waals surface area (Å²) in [4.78, 5) is 22.8. The molecule has 0 saturated carbocycles. The number of nitrogen functional groups attached to an aromatic ring is 1. The van der Waals surface area contributed by atoms with Crippen LogP contribution in [0.2, 0.25) is 0 Å². The van der Waals surface area contributed by atoms with E-state index in [1.807, 2.05) is 26.0 Å². The van der Waals surface area contributed by atoms with E-state index in [0.717, 1.165) is 21.7 Å². The highest BCUT2D eigenvalue weighted by molar-refractivity contribution is 7.99. The van der Waals surface area contributed by atoms with Crippen LogP contribution in [0, 0.1) is 13.8 Å². The van der Waals surface area contributed by atoms with Crippen molar-refractivity contribution in [3.63, 3.8) is 0 Å². The molecule has 3 rings (SSSR count). The van der Waals surface area contributed by atoms with Gasteiger partial charge in [0.15, 0.2) is 6.10 Å². The van der Waals surface area contributed by atoms with E-state index in [1.54, 1.807) is 55.6 Å². The number of hydrogen-bond donors (Lipinski definition) is 5. The third-order valence-corrected chi connectivity index (χ3v) is 6.79. The van der Waals surface area contributed by atoms with Gasteiger partial charge in [0.2, 0.25) is 0 Å². The molecular weight excluding hydrogens is 496 g/mol. The maximum Gasteiger partial charge on any atom is 0.334 e. The second-order valence-corrected chi connectivity index (χ2v) is 9.23. The van der Waals surface area contributed by atoms with E-state index in [9.17, 15) is 19.8 Å². The Morgan fingerprint density at radius 1 is 1.00 bits per heavy atom. The van der Waals surface area contributed by atoms with Crippen LogP contribution in [0.3, 0.4) is 0 Å². The highest BCUT2D eigenvalue weighted by Gasteiger charge is 2.29. The Balaban J connectivity index is 0.000000312. The number of benzene rings is 3.